The molecule has 8 nitrogen and oxygen atoms in total. The van der Waals surface area contributed by atoms with Crippen molar-refractivity contribution in [2.45, 2.75) is 71.6 Å². The van der Waals surface area contributed by atoms with Crippen LogP contribution in [0.3, 0.4) is 0 Å². The highest BCUT2D eigenvalue weighted by molar-refractivity contribution is 6.65. The molecule has 0 radical (unpaired) electrons. The second-order valence-electron chi connectivity index (χ2n) is 7.75. The van der Waals surface area contributed by atoms with Gasteiger partial charge in [0, 0.05) is 18.1 Å². The summed E-state index contributed by atoms with van der Waals surface area (Å²) in [7, 11) is -2.26. The van der Waals surface area contributed by atoms with E-state index in [9.17, 15) is 9.59 Å². The Morgan fingerprint density at radius 2 is 1.79 bits per heavy atom. The number of nitrogens with one attached hydrogen (secondary N) is 3. The molecule has 24 heavy (non-hydrogen) atoms. The van der Waals surface area contributed by atoms with Crippen LogP contribution in [-0.2, 0) is 18.1 Å². The molecule has 0 aromatic rings. The van der Waals surface area contributed by atoms with Gasteiger partial charge in [-0.1, -0.05) is 13.8 Å². The smallest absolute Gasteiger partial charge is 0.354 e. The van der Waals surface area contributed by atoms with E-state index >= 15 is 0 Å². The van der Waals surface area contributed by atoms with Crippen molar-refractivity contribution in [3.05, 3.63) is 0 Å². The van der Waals surface area contributed by atoms with Crippen LogP contribution in [0, 0.1) is 5.92 Å². The quantitative estimate of drug-likeness (QED) is 0.448. The second kappa shape index (κ2) is 7.38. The number of hydrogen-bond acceptors (Lipinski definition) is 5. The average Bonchev–Trinajstić information content (AvgIpc) is 2.30. The zero-order valence-electron chi connectivity index (χ0n) is 15.1. The Labute approximate surface area is 144 Å². The van der Waals surface area contributed by atoms with Crippen molar-refractivity contribution in [2.75, 3.05) is 6.54 Å². The third-order valence-corrected chi connectivity index (χ3v) is 6.22. The maximum atomic E-state index is 12.4. The molecule has 3 N–H and O–H groups in total. The molecular formula is C15H29N3O5Si. The monoisotopic (exact) mass is 359 g/mol. The summed E-state index contributed by atoms with van der Waals surface area (Å²) in [4.78, 5) is 24.4. The molecule has 3 heterocycles. The van der Waals surface area contributed by atoms with Gasteiger partial charge in [0.05, 0.1) is 0 Å². The fourth-order valence-electron chi connectivity index (χ4n) is 2.52. The highest BCUT2D eigenvalue weighted by Crippen LogP contribution is 2.43. The molecule has 1 atom stereocenters. The van der Waals surface area contributed by atoms with Crippen LogP contribution < -0.4 is 16.0 Å². The van der Waals surface area contributed by atoms with E-state index in [1.165, 1.54) is 0 Å². The van der Waals surface area contributed by atoms with Crippen LogP contribution in [0.1, 0.15) is 47.5 Å². The van der Waals surface area contributed by atoms with Crippen molar-refractivity contribution in [2.24, 2.45) is 5.92 Å². The zero-order valence-corrected chi connectivity index (χ0v) is 16.1. The molecule has 0 saturated carbocycles. The Balaban J connectivity index is 1.72. The average molecular weight is 359 g/mol. The maximum absolute atomic E-state index is 12.4. The highest BCUT2D eigenvalue weighted by Gasteiger charge is 2.68. The van der Waals surface area contributed by atoms with Crippen LogP contribution in [0.25, 0.3) is 0 Å². The minimum absolute atomic E-state index is 0.172. The van der Waals surface area contributed by atoms with Crippen LogP contribution in [0.2, 0.25) is 6.04 Å². The lowest BCUT2D eigenvalue weighted by atomic mass is 10.0. The first-order chi connectivity index (χ1) is 11.1. The fraction of sp³-hybridized carbons (Fsp3) is 0.867. The van der Waals surface area contributed by atoms with E-state index in [1.807, 2.05) is 34.6 Å². The summed E-state index contributed by atoms with van der Waals surface area (Å²) in [6.07, 6.45) is 1.31. The van der Waals surface area contributed by atoms with E-state index in [0.29, 0.717) is 24.9 Å². The minimum atomic E-state index is -2.26. The Kier molecular flexibility index (Phi) is 5.90. The number of rotatable bonds is 8. The molecule has 138 valence electrons. The first kappa shape index (κ1) is 19.2. The van der Waals surface area contributed by atoms with E-state index in [0.717, 1.165) is 6.42 Å². The van der Waals surface area contributed by atoms with Crippen LogP contribution in [0.4, 0.5) is 4.79 Å². The van der Waals surface area contributed by atoms with E-state index in [2.05, 4.69) is 16.0 Å². The number of urea groups is 1. The molecule has 3 fully saturated rings. The molecule has 0 aliphatic carbocycles. The van der Waals surface area contributed by atoms with Gasteiger partial charge in [-0.05, 0) is 39.5 Å². The predicted octanol–water partition coefficient (Wildman–Crippen LogP) is 1.30. The number of hydrogen-bond donors (Lipinski definition) is 3. The van der Waals surface area contributed by atoms with E-state index in [-0.39, 0.29) is 17.5 Å². The van der Waals surface area contributed by atoms with Gasteiger partial charge in [-0.2, -0.15) is 0 Å². The molecule has 2 bridgehead atoms. The Morgan fingerprint density at radius 3 is 2.25 bits per heavy atom. The van der Waals surface area contributed by atoms with E-state index in [4.69, 9.17) is 13.3 Å². The fourth-order valence-corrected chi connectivity index (χ4v) is 4.42. The Hall–Kier alpha value is -1.16. The molecule has 0 aromatic carbocycles. The van der Waals surface area contributed by atoms with Crippen molar-refractivity contribution >= 4 is 20.7 Å². The summed E-state index contributed by atoms with van der Waals surface area (Å²) in [6.45, 7) is 9.80. The standard InChI is InChI=1S/C15H29N3O5Si/c1-10(2)9-11(17-13(20)18-15(3,4)5)12(19)16-7-6-8-24-21-14(22-24)23-24/h10-11,14H,6-9H2,1-5H3,(H,16,19)(H2,17,18,20)/t11-,14?,24?/m0/s1. The summed E-state index contributed by atoms with van der Waals surface area (Å²) in [5, 5.41) is 8.44. The Bertz CT molecular complexity index is 463. The molecule has 0 unspecified atom stereocenters. The molecule has 3 rings (SSSR count). The SMILES string of the molecule is CC(C)C[C@H](NC(=O)NC(C)(C)C)C(=O)NCCC[Si]12OC(O1)O2. The molecule has 0 spiro atoms. The van der Waals surface area contributed by atoms with Crippen molar-refractivity contribution in [1.29, 1.82) is 0 Å². The molecular weight excluding hydrogens is 330 g/mol. The summed E-state index contributed by atoms with van der Waals surface area (Å²) >= 11 is 0. The molecule has 3 aliphatic heterocycles. The summed E-state index contributed by atoms with van der Waals surface area (Å²) in [5.74, 6) is 0.119. The van der Waals surface area contributed by atoms with Gasteiger partial charge in [-0.3, -0.25) is 4.79 Å². The summed E-state index contributed by atoms with van der Waals surface area (Å²) in [5.41, 5.74) is -0.351. The lowest BCUT2D eigenvalue weighted by molar-refractivity contribution is -0.392. The van der Waals surface area contributed by atoms with Crippen LogP contribution in [-0.4, -0.2) is 45.3 Å². The van der Waals surface area contributed by atoms with E-state index < -0.39 is 21.3 Å². The van der Waals surface area contributed by atoms with Crippen LogP contribution in [0.15, 0.2) is 0 Å². The van der Waals surface area contributed by atoms with Crippen LogP contribution >= 0.6 is 0 Å². The minimum Gasteiger partial charge on any atom is -0.354 e. The third-order valence-electron chi connectivity index (χ3n) is 3.60. The highest BCUT2D eigenvalue weighted by atomic mass is 28.4. The molecule has 9 heteroatoms. The number of amides is 3. The lowest BCUT2D eigenvalue weighted by Crippen LogP contribution is -2.76. The van der Waals surface area contributed by atoms with E-state index in [1.54, 1.807) is 0 Å². The molecule has 0 aromatic heterocycles. The van der Waals surface area contributed by atoms with Crippen molar-refractivity contribution in [3.63, 3.8) is 0 Å². The topological polar surface area (TPSA) is 97.9 Å². The second-order valence-corrected chi connectivity index (χ2v) is 10.3. The maximum Gasteiger partial charge on any atom is 0.511 e. The van der Waals surface area contributed by atoms with Crippen molar-refractivity contribution in [1.82, 2.24) is 16.0 Å². The first-order valence-electron chi connectivity index (χ1n) is 8.48. The normalized spacial score (nSPS) is 26.2. The van der Waals surface area contributed by atoms with Crippen molar-refractivity contribution < 1.29 is 22.9 Å². The van der Waals surface area contributed by atoms with Gasteiger partial charge in [-0.15, -0.1) is 0 Å². The molecule has 3 aliphatic rings. The van der Waals surface area contributed by atoms with Gasteiger partial charge in [0.25, 0.3) is 6.48 Å². The summed E-state index contributed by atoms with van der Waals surface area (Å²) < 4.78 is 16.0. The largest absolute Gasteiger partial charge is 0.511 e. The van der Waals surface area contributed by atoms with Gasteiger partial charge < -0.3 is 29.2 Å². The van der Waals surface area contributed by atoms with Gasteiger partial charge in [0.1, 0.15) is 6.04 Å². The number of carbonyl (C=O) groups excluding carboxylic acids is 2. The lowest BCUT2D eigenvalue weighted by Gasteiger charge is -2.55. The molecule has 3 amide bonds. The molecule has 3 saturated heterocycles. The van der Waals surface area contributed by atoms with Crippen LogP contribution in [0.5, 0.6) is 0 Å². The zero-order chi connectivity index (χ0) is 18.0. The van der Waals surface area contributed by atoms with Gasteiger partial charge in [-0.25, -0.2) is 4.79 Å². The number of carbonyl (C=O) groups is 2. The first-order valence-corrected chi connectivity index (χ1v) is 10.4. The Morgan fingerprint density at radius 1 is 1.17 bits per heavy atom. The predicted molar refractivity (Wildman–Crippen MR) is 89.9 cm³/mol. The third kappa shape index (κ3) is 5.44. The van der Waals surface area contributed by atoms with Gasteiger partial charge in [0.2, 0.25) is 5.91 Å². The van der Waals surface area contributed by atoms with Gasteiger partial charge in [0.15, 0.2) is 0 Å². The van der Waals surface area contributed by atoms with Crippen molar-refractivity contribution in [3.8, 4) is 0 Å². The summed E-state index contributed by atoms with van der Waals surface area (Å²) in [6, 6.07) is -0.181. The van der Waals surface area contributed by atoms with Gasteiger partial charge >= 0.3 is 14.8 Å².